The average Bonchev–Trinajstić information content (AvgIpc) is 2.82. The summed E-state index contributed by atoms with van der Waals surface area (Å²) in [5, 5.41) is 13.6. The number of amides is 1. The lowest BCUT2D eigenvalue weighted by Crippen LogP contribution is -2.30. The molecule has 2 rings (SSSR count). The molecule has 0 aliphatic carbocycles. The smallest absolute Gasteiger partial charge is 0.238 e. The van der Waals surface area contributed by atoms with E-state index >= 15 is 0 Å². The number of hydrogen-bond donors (Lipinski definition) is 3. The molecule has 18 heavy (non-hydrogen) atoms. The van der Waals surface area contributed by atoms with Crippen molar-refractivity contribution in [2.24, 2.45) is 0 Å². The van der Waals surface area contributed by atoms with Crippen molar-refractivity contribution in [3.63, 3.8) is 0 Å². The highest BCUT2D eigenvalue weighted by Gasteiger charge is 2.03. The van der Waals surface area contributed by atoms with Gasteiger partial charge in [-0.3, -0.25) is 9.89 Å². The maximum absolute atomic E-state index is 11.6. The van der Waals surface area contributed by atoms with Crippen LogP contribution in [0.2, 0.25) is 0 Å². The fourth-order valence-corrected chi connectivity index (χ4v) is 1.60. The van der Waals surface area contributed by atoms with Crippen LogP contribution in [0.25, 0.3) is 10.9 Å². The molecule has 1 aromatic heterocycles. The first-order chi connectivity index (χ1) is 8.79. The largest absolute Gasteiger partial charge is 0.383 e. The Hall–Kier alpha value is -1.92. The Kier molecular flexibility index (Phi) is 4.27. The van der Waals surface area contributed by atoms with Crippen LogP contribution < -0.4 is 10.6 Å². The first-order valence-corrected chi connectivity index (χ1v) is 5.72. The predicted molar refractivity (Wildman–Crippen MR) is 69.5 cm³/mol. The second-order valence-electron chi connectivity index (χ2n) is 3.89. The number of methoxy groups -OCH3 is 1. The van der Waals surface area contributed by atoms with Crippen LogP contribution in [0.15, 0.2) is 24.4 Å². The lowest BCUT2D eigenvalue weighted by molar-refractivity contribution is -0.115. The van der Waals surface area contributed by atoms with Crippen molar-refractivity contribution in [2.75, 3.05) is 32.1 Å². The van der Waals surface area contributed by atoms with Crippen molar-refractivity contribution in [3.05, 3.63) is 24.4 Å². The highest BCUT2D eigenvalue weighted by Crippen LogP contribution is 2.16. The van der Waals surface area contributed by atoms with E-state index in [1.807, 2.05) is 18.2 Å². The second kappa shape index (κ2) is 6.13. The molecule has 96 valence electrons. The van der Waals surface area contributed by atoms with E-state index < -0.39 is 0 Å². The van der Waals surface area contributed by atoms with Gasteiger partial charge in [0.25, 0.3) is 0 Å². The molecular weight excluding hydrogens is 232 g/mol. The molecule has 0 aliphatic rings. The summed E-state index contributed by atoms with van der Waals surface area (Å²) in [5.74, 6) is -0.0750. The monoisotopic (exact) mass is 248 g/mol. The summed E-state index contributed by atoms with van der Waals surface area (Å²) >= 11 is 0. The number of hydrogen-bond acceptors (Lipinski definition) is 4. The van der Waals surface area contributed by atoms with Crippen molar-refractivity contribution in [2.45, 2.75) is 0 Å². The lowest BCUT2D eigenvalue weighted by atomic mass is 10.2. The standard InChI is InChI=1S/C12H16N4O2/c1-18-5-4-13-8-12(17)15-10-2-3-11-9(6-10)7-14-16-11/h2-3,6-7,13H,4-5,8H2,1H3,(H,14,16)(H,15,17). The van der Waals surface area contributed by atoms with Crippen LogP contribution in [-0.4, -0.2) is 42.9 Å². The van der Waals surface area contributed by atoms with E-state index in [1.165, 1.54) is 0 Å². The third-order valence-electron chi connectivity index (χ3n) is 2.49. The number of carbonyl (C=O) groups is 1. The van der Waals surface area contributed by atoms with Gasteiger partial charge in [0.1, 0.15) is 0 Å². The molecule has 0 unspecified atom stereocenters. The van der Waals surface area contributed by atoms with Crippen molar-refractivity contribution >= 4 is 22.5 Å². The van der Waals surface area contributed by atoms with Crippen LogP contribution in [-0.2, 0) is 9.53 Å². The molecule has 0 spiro atoms. The van der Waals surface area contributed by atoms with E-state index in [1.54, 1.807) is 13.3 Å². The van der Waals surface area contributed by atoms with Crippen LogP contribution in [0.1, 0.15) is 0 Å². The molecule has 1 amide bonds. The number of carbonyl (C=O) groups excluding carboxylic acids is 1. The fourth-order valence-electron chi connectivity index (χ4n) is 1.60. The van der Waals surface area contributed by atoms with Gasteiger partial charge in [-0.25, -0.2) is 0 Å². The van der Waals surface area contributed by atoms with Gasteiger partial charge in [0.05, 0.1) is 24.9 Å². The van der Waals surface area contributed by atoms with Crippen LogP contribution in [0.4, 0.5) is 5.69 Å². The summed E-state index contributed by atoms with van der Waals surface area (Å²) in [6.45, 7) is 1.52. The first kappa shape index (κ1) is 12.5. The highest BCUT2D eigenvalue weighted by atomic mass is 16.5. The molecular formula is C12H16N4O2. The normalized spacial score (nSPS) is 10.7. The third kappa shape index (κ3) is 3.28. The summed E-state index contributed by atoms with van der Waals surface area (Å²) in [6.07, 6.45) is 1.72. The minimum absolute atomic E-state index is 0.0750. The summed E-state index contributed by atoms with van der Waals surface area (Å²) in [4.78, 5) is 11.6. The number of H-pyrrole nitrogens is 1. The molecule has 6 nitrogen and oxygen atoms in total. The molecule has 0 fully saturated rings. The molecule has 0 radical (unpaired) electrons. The van der Waals surface area contributed by atoms with E-state index in [0.29, 0.717) is 13.2 Å². The maximum Gasteiger partial charge on any atom is 0.238 e. The zero-order valence-corrected chi connectivity index (χ0v) is 10.2. The Balaban J connectivity index is 1.86. The highest BCUT2D eigenvalue weighted by molar-refractivity contribution is 5.94. The number of aromatic nitrogens is 2. The molecule has 2 aromatic rings. The maximum atomic E-state index is 11.6. The molecule has 3 N–H and O–H groups in total. The van der Waals surface area contributed by atoms with Gasteiger partial charge in [-0.15, -0.1) is 0 Å². The van der Waals surface area contributed by atoms with Crippen molar-refractivity contribution in [3.8, 4) is 0 Å². The zero-order valence-electron chi connectivity index (χ0n) is 10.2. The number of anilines is 1. The third-order valence-corrected chi connectivity index (χ3v) is 2.49. The van der Waals surface area contributed by atoms with Gasteiger partial charge in [-0.05, 0) is 18.2 Å². The van der Waals surface area contributed by atoms with Crippen molar-refractivity contribution in [1.29, 1.82) is 0 Å². The summed E-state index contributed by atoms with van der Waals surface area (Å²) in [7, 11) is 1.63. The Morgan fingerprint density at radius 3 is 3.22 bits per heavy atom. The van der Waals surface area contributed by atoms with E-state index in [-0.39, 0.29) is 12.5 Å². The van der Waals surface area contributed by atoms with Crippen LogP contribution >= 0.6 is 0 Å². The van der Waals surface area contributed by atoms with Crippen LogP contribution in [0, 0.1) is 0 Å². The average molecular weight is 248 g/mol. The van der Waals surface area contributed by atoms with Crippen LogP contribution in [0.3, 0.4) is 0 Å². The zero-order chi connectivity index (χ0) is 12.8. The number of benzene rings is 1. The number of ether oxygens (including phenoxy) is 1. The van der Waals surface area contributed by atoms with Gasteiger partial charge >= 0.3 is 0 Å². The lowest BCUT2D eigenvalue weighted by Gasteiger charge is -2.06. The first-order valence-electron chi connectivity index (χ1n) is 5.72. The number of rotatable bonds is 6. The number of nitrogens with zero attached hydrogens (tertiary/aromatic N) is 1. The Bertz CT molecular complexity index is 524. The summed E-state index contributed by atoms with van der Waals surface area (Å²) < 4.78 is 4.88. The number of fused-ring (bicyclic) bond motifs is 1. The molecule has 0 atom stereocenters. The Labute approximate surface area is 105 Å². The van der Waals surface area contributed by atoms with E-state index in [4.69, 9.17) is 4.74 Å². The van der Waals surface area contributed by atoms with Gasteiger partial charge in [0, 0.05) is 24.7 Å². The van der Waals surface area contributed by atoms with Gasteiger partial charge in [-0.1, -0.05) is 0 Å². The quantitative estimate of drug-likeness (QED) is 0.659. The van der Waals surface area contributed by atoms with Crippen LogP contribution in [0.5, 0.6) is 0 Å². The molecule has 1 aromatic carbocycles. The predicted octanol–water partition coefficient (Wildman–Crippen LogP) is 0.737. The summed E-state index contributed by atoms with van der Waals surface area (Å²) in [6, 6.07) is 5.61. The number of nitrogens with one attached hydrogen (secondary N) is 3. The molecule has 0 saturated heterocycles. The molecule has 0 saturated carbocycles. The number of aromatic amines is 1. The van der Waals surface area contributed by atoms with E-state index in [0.717, 1.165) is 16.6 Å². The van der Waals surface area contributed by atoms with E-state index in [9.17, 15) is 4.79 Å². The summed E-state index contributed by atoms with van der Waals surface area (Å²) in [5.41, 5.74) is 1.72. The fraction of sp³-hybridized carbons (Fsp3) is 0.333. The molecule has 0 aliphatic heterocycles. The van der Waals surface area contributed by atoms with Gasteiger partial charge in [-0.2, -0.15) is 5.10 Å². The van der Waals surface area contributed by atoms with Crippen molar-refractivity contribution < 1.29 is 9.53 Å². The Morgan fingerprint density at radius 1 is 1.50 bits per heavy atom. The SMILES string of the molecule is COCCNCC(=O)Nc1ccc2[nH]ncc2c1. The molecule has 1 heterocycles. The Morgan fingerprint density at radius 2 is 2.39 bits per heavy atom. The molecule has 6 heteroatoms. The van der Waals surface area contributed by atoms with Gasteiger partial charge < -0.3 is 15.4 Å². The van der Waals surface area contributed by atoms with Gasteiger partial charge in [0.15, 0.2) is 0 Å². The van der Waals surface area contributed by atoms with E-state index in [2.05, 4.69) is 20.8 Å². The minimum atomic E-state index is -0.0750. The second-order valence-corrected chi connectivity index (χ2v) is 3.89. The van der Waals surface area contributed by atoms with Gasteiger partial charge in [0.2, 0.25) is 5.91 Å². The topological polar surface area (TPSA) is 79.0 Å². The van der Waals surface area contributed by atoms with Crippen molar-refractivity contribution in [1.82, 2.24) is 15.5 Å². The minimum Gasteiger partial charge on any atom is -0.383 e. The molecule has 0 bridgehead atoms.